The minimum atomic E-state index is -0.257. The van der Waals surface area contributed by atoms with Crippen LogP contribution in [-0.2, 0) is 11.3 Å². The number of carbonyl (C=O) groups excluding carboxylic acids is 1. The van der Waals surface area contributed by atoms with Crippen molar-refractivity contribution in [3.05, 3.63) is 66.4 Å². The van der Waals surface area contributed by atoms with Crippen LogP contribution in [0.1, 0.15) is 18.1 Å². The highest BCUT2D eigenvalue weighted by Crippen LogP contribution is 2.28. The van der Waals surface area contributed by atoms with E-state index in [0.717, 1.165) is 11.1 Å². The first-order valence-electron chi connectivity index (χ1n) is 8.70. The van der Waals surface area contributed by atoms with Crippen LogP contribution in [0.15, 0.2) is 55.3 Å². The second-order valence-electron chi connectivity index (χ2n) is 5.80. The smallest absolute Gasteiger partial charge is 0.258 e. The Kier molecular flexibility index (Phi) is 6.35. The van der Waals surface area contributed by atoms with Crippen molar-refractivity contribution < 1.29 is 14.3 Å². The number of methoxy groups -OCH3 is 1. The van der Waals surface area contributed by atoms with E-state index in [4.69, 9.17) is 9.47 Å². The van der Waals surface area contributed by atoms with E-state index >= 15 is 0 Å². The van der Waals surface area contributed by atoms with Gasteiger partial charge in [0.15, 0.2) is 23.9 Å². The van der Waals surface area contributed by atoms with Crippen molar-refractivity contribution in [3.63, 3.8) is 0 Å². The summed E-state index contributed by atoms with van der Waals surface area (Å²) in [6.45, 7) is 2.11. The number of allylic oxidation sites excluding steroid dienone is 1. The van der Waals surface area contributed by atoms with Crippen LogP contribution in [0, 0.1) is 0 Å². The van der Waals surface area contributed by atoms with Gasteiger partial charge in [0.1, 0.15) is 12.7 Å². The summed E-state index contributed by atoms with van der Waals surface area (Å²) in [5.41, 5.74) is 1.81. The van der Waals surface area contributed by atoms with Crippen molar-refractivity contribution in [1.82, 2.24) is 25.1 Å². The molecule has 28 heavy (non-hydrogen) atoms. The normalized spacial score (nSPS) is 10.8. The molecular formula is C20H21N5O3. The maximum atomic E-state index is 12.2. The predicted molar refractivity (Wildman–Crippen MR) is 104 cm³/mol. The van der Waals surface area contributed by atoms with Gasteiger partial charge in [-0.15, -0.1) is 0 Å². The van der Waals surface area contributed by atoms with Gasteiger partial charge < -0.3 is 14.8 Å². The molecule has 8 nitrogen and oxygen atoms in total. The maximum Gasteiger partial charge on any atom is 0.258 e. The molecule has 0 fully saturated rings. The highest BCUT2D eigenvalue weighted by atomic mass is 16.5. The van der Waals surface area contributed by atoms with Gasteiger partial charge in [0.05, 0.1) is 7.11 Å². The number of ether oxygens (including phenoxy) is 2. The lowest BCUT2D eigenvalue weighted by Gasteiger charge is -2.12. The first-order valence-corrected chi connectivity index (χ1v) is 8.70. The summed E-state index contributed by atoms with van der Waals surface area (Å²) in [4.78, 5) is 20.4. The van der Waals surface area contributed by atoms with E-state index in [-0.39, 0.29) is 12.5 Å². The molecule has 1 aromatic carbocycles. The first kappa shape index (κ1) is 19.1. The van der Waals surface area contributed by atoms with E-state index in [9.17, 15) is 4.79 Å². The molecule has 0 aliphatic rings. The van der Waals surface area contributed by atoms with E-state index in [2.05, 4.69) is 20.4 Å². The van der Waals surface area contributed by atoms with Crippen LogP contribution in [0.3, 0.4) is 0 Å². The minimum absolute atomic E-state index is 0.127. The molecule has 144 valence electrons. The number of nitrogens with one attached hydrogen (secondary N) is 1. The van der Waals surface area contributed by atoms with Gasteiger partial charge in [-0.05, 0) is 30.7 Å². The fraction of sp³-hybridized carbons (Fsp3) is 0.200. The summed E-state index contributed by atoms with van der Waals surface area (Å²) in [5.74, 6) is 1.44. The highest BCUT2D eigenvalue weighted by molar-refractivity contribution is 5.77. The number of nitrogens with zero attached hydrogens (tertiary/aromatic N) is 4. The fourth-order valence-electron chi connectivity index (χ4n) is 2.58. The Morgan fingerprint density at radius 1 is 1.29 bits per heavy atom. The second kappa shape index (κ2) is 9.31. The summed E-state index contributed by atoms with van der Waals surface area (Å²) < 4.78 is 12.5. The lowest BCUT2D eigenvalue weighted by atomic mass is 10.2. The lowest BCUT2D eigenvalue weighted by molar-refractivity contribution is -0.123. The third-order valence-corrected chi connectivity index (χ3v) is 3.88. The Balaban J connectivity index is 1.59. The Morgan fingerprint density at radius 2 is 2.18 bits per heavy atom. The Hall–Kier alpha value is -3.68. The highest BCUT2D eigenvalue weighted by Gasteiger charge is 2.10. The molecule has 0 aliphatic carbocycles. The summed E-state index contributed by atoms with van der Waals surface area (Å²) in [6, 6.07) is 9.21. The molecule has 0 saturated carbocycles. The molecule has 0 saturated heterocycles. The van der Waals surface area contributed by atoms with Gasteiger partial charge >= 0.3 is 0 Å². The van der Waals surface area contributed by atoms with E-state index in [1.807, 2.05) is 37.3 Å². The third kappa shape index (κ3) is 4.73. The van der Waals surface area contributed by atoms with Crippen molar-refractivity contribution in [1.29, 1.82) is 0 Å². The van der Waals surface area contributed by atoms with Gasteiger partial charge in [-0.3, -0.25) is 4.79 Å². The van der Waals surface area contributed by atoms with Crippen LogP contribution in [-0.4, -0.2) is 39.4 Å². The quantitative estimate of drug-likeness (QED) is 0.646. The van der Waals surface area contributed by atoms with Crippen molar-refractivity contribution in [2.75, 3.05) is 13.7 Å². The molecule has 1 N–H and O–H groups in total. The average molecular weight is 379 g/mol. The summed E-state index contributed by atoms with van der Waals surface area (Å²) >= 11 is 0. The Morgan fingerprint density at radius 3 is 2.93 bits per heavy atom. The van der Waals surface area contributed by atoms with Crippen LogP contribution in [0.2, 0.25) is 0 Å². The number of hydrogen-bond donors (Lipinski definition) is 1. The molecule has 3 aromatic rings. The molecular weight excluding hydrogens is 358 g/mol. The molecule has 0 unspecified atom stereocenters. The summed E-state index contributed by atoms with van der Waals surface area (Å²) in [5, 5.41) is 6.90. The van der Waals surface area contributed by atoms with Gasteiger partial charge in [-0.1, -0.05) is 24.3 Å². The van der Waals surface area contributed by atoms with E-state index in [1.165, 1.54) is 6.33 Å². The zero-order chi connectivity index (χ0) is 19.8. The molecule has 0 spiro atoms. The number of pyridine rings is 1. The zero-order valence-electron chi connectivity index (χ0n) is 15.7. The van der Waals surface area contributed by atoms with Gasteiger partial charge in [0.2, 0.25) is 0 Å². The second-order valence-corrected chi connectivity index (χ2v) is 5.80. The third-order valence-electron chi connectivity index (χ3n) is 3.88. The minimum Gasteiger partial charge on any atom is -0.493 e. The largest absolute Gasteiger partial charge is 0.493 e. The monoisotopic (exact) mass is 379 g/mol. The number of carbonyl (C=O) groups is 1. The average Bonchev–Trinajstić information content (AvgIpc) is 3.26. The molecule has 0 atom stereocenters. The Bertz CT molecular complexity index is 954. The standard InChI is InChI=1S/C20H21N5O3/c1-3-5-15-7-8-17(18(10-15)27-2)28-12-19(26)23-11-16-6-4-9-22-20(16)25-14-21-13-24-25/h3-10,13-14H,11-12H2,1-2H3,(H,23,26)/b5-3+. The SMILES string of the molecule is C/C=C/c1ccc(OCC(=O)NCc2cccnc2-n2cncn2)c(OC)c1. The predicted octanol–water partition coefficient (Wildman–Crippen LogP) is 2.40. The number of benzene rings is 1. The van der Waals surface area contributed by atoms with E-state index in [0.29, 0.717) is 23.9 Å². The molecule has 2 aromatic heterocycles. The van der Waals surface area contributed by atoms with Crippen LogP contribution in [0.4, 0.5) is 0 Å². The number of amides is 1. The topological polar surface area (TPSA) is 91.2 Å². The molecule has 8 heteroatoms. The van der Waals surface area contributed by atoms with Crippen LogP contribution in [0.25, 0.3) is 11.9 Å². The van der Waals surface area contributed by atoms with E-state index < -0.39 is 0 Å². The van der Waals surface area contributed by atoms with Crippen LogP contribution >= 0.6 is 0 Å². The molecule has 3 rings (SSSR count). The molecule has 1 amide bonds. The van der Waals surface area contributed by atoms with Crippen LogP contribution in [0.5, 0.6) is 11.5 Å². The van der Waals surface area contributed by atoms with Gasteiger partial charge in [-0.2, -0.15) is 5.10 Å². The van der Waals surface area contributed by atoms with Gasteiger partial charge in [-0.25, -0.2) is 14.6 Å². The van der Waals surface area contributed by atoms with Crippen molar-refractivity contribution in [3.8, 4) is 17.3 Å². The lowest BCUT2D eigenvalue weighted by Crippen LogP contribution is -2.29. The van der Waals surface area contributed by atoms with Crippen molar-refractivity contribution >= 4 is 12.0 Å². The first-order chi connectivity index (χ1) is 13.7. The summed E-state index contributed by atoms with van der Waals surface area (Å²) in [7, 11) is 1.57. The van der Waals surface area contributed by atoms with E-state index in [1.54, 1.807) is 36.4 Å². The van der Waals surface area contributed by atoms with Crippen molar-refractivity contribution in [2.45, 2.75) is 13.5 Å². The molecule has 0 radical (unpaired) electrons. The number of aromatic nitrogens is 4. The zero-order valence-corrected chi connectivity index (χ0v) is 15.7. The molecule has 2 heterocycles. The number of rotatable bonds is 8. The Labute approximate surface area is 162 Å². The van der Waals surface area contributed by atoms with Crippen molar-refractivity contribution in [2.24, 2.45) is 0 Å². The summed E-state index contributed by atoms with van der Waals surface area (Å²) in [6.07, 6.45) is 8.55. The van der Waals surface area contributed by atoms with Gasteiger partial charge in [0, 0.05) is 18.3 Å². The fourth-order valence-corrected chi connectivity index (χ4v) is 2.58. The van der Waals surface area contributed by atoms with Crippen LogP contribution < -0.4 is 14.8 Å². The van der Waals surface area contributed by atoms with Gasteiger partial charge in [0.25, 0.3) is 5.91 Å². The maximum absolute atomic E-state index is 12.2. The number of hydrogen-bond acceptors (Lipinski definition) is 6. The molecule has 0 aliphatic heterocycles. The molecule has 0 bridgehead atoms.